The zero-order chi connectivity index (χ0) is 22.2. The standard InChI is InChI=1S/C27H33N5O/c33-27(31-12-5-6-13-31)26-24(32-14-4-3-9-25(32)28-26)20-29-15-17-30(18-16-29)23-11-10-21-7-1-2-8-22(21)19-23/h1-4,7-9,14,23H,5-6,10-13,15-20H2. The van der Waals surface area contributed by atoms with E-state index in [1.54, 1.807) is 0 Å². The second kappa shape index (κ2) is 8.92. The van der Waals surface area contributed by atoms with Crippen LogP contribution in [0.5, 0.6) is 0 Å². The van der Waals surface area contributed by atoms with Crippen molar-refractivity contribution in [3.8, 4) is 0 Å². The minimum Gasteiger partial charge on any atom is -0.337 e. The van der Waals surface area contributed by atoms with Gasteiger partial charge >= 0.3 is 0 Å². The molecule has 3 aromatic rings. The second-order valence-corrected chi connectivity index (χ2v) is 9.81. The van der Waals surface area contributed by atoms with Gasteiger partial charge in [0.2, 0.25) is 0 Å². The molecule has 2 aromatic heterocycles. The van der Waals surface area contributed by atoms with Crippen LogP contribution < -0.4 is 0 Å². The maximum Gasteiger partial charge on any atom is 0.274 e. The monoisotopic (exact) mass is 443 g/mol. The summed E-state index contributed by atoms with van der Waals surface area (Å²) in [5.41, 5.74) is 5.63. The number of carbonyl (C=O) groups excluding carboxylic acids is 1. The smallest absolute Gasteiger partial charge is 0.274 e. The summed E-state index contributed by atoms with van der Waals surface area (Å²) in [7, 11) is 0. The van der Waals surface area contributed by atoms with Crippen LogP contribution in [0.4, 0.5) is 0 Å². The van der Waals surface area contributed by atoms with Gasteiger partial charge in [0.05, 0.1) is 5.69 Å². The number of nitrogens with zero attached hydrogens (tertiary/aromatic N) is 5. The van der Waals surface area contributed by atoms with Gasteiger partial charge in [0.15, 0.2) is 5.69 Å². The van der Waals surface area contributed by atoms with Crippen LogP contribution in [0.15, 0.2) is 48.7 Å². The fourth-order valence-corrected chi connectivity index (χ4v) is 5.93. The summed E-state index contributed by atoms with van der Waals surface area (Å²) in [5, 5.41) is 0. The van der Waals surface area contributed by atoms with Crippen molar-refractivity contribution in [2.75, 3.05) is 39.3 Å². The first kappa shape index (κ1) is 20.9. The van der Waals surface area contributed by atoms with E-state index in [1.807, 2.05) is 29.3 Å². The van der Waals surface area contributed by atoms with Crippen molar-refractivity contribution >= 4 is 11.6 Å². The molecule has 172 valence electrons. The number of carbonyl (C=O) groups is 1. The van der Waals surface area contributed by atoms with Crippen molar-refractivity contribution in [3.05, 3.63) is 71.2 Å². The molecular formula is C27H33N5O. The van der Waals surface area contributed by atoms with Gasteiger partial charge in [-0.25, -0.2) is 4.98 Å². The Bertz CT molecular complexity index is 1140. The van der Waals surface area contributed by atoms with E-state index in [9.17, 15) is 4.79 Å². The Balaban J connectivity index is 1.15. The topological polar surface area (TPSA) is 44.1 Å². The maximum absolute atomic E-state index is 13.3. The molecule has 2 saturated heterocycles. The summed E-state index contributed by atoms with van der Waals surface area (Å²) in [5.74, 6) is 0.103. The lowest BCUT2D eigenvalue weighted by Gasteiger charge is -2.41. The SMILES string of the molecule is O=C(c1nc2ccccn2c1CN1CCN(C2CCc3ccccc3C2)CC1)N1CCCC1. The summed E-state index contributed by atoms with van der Waals surface area (Å²) < 4.78 is 2.12. The summed E-state index contributed by atoms with van der Waals surface area (Å²) >= 11 is 0. The van der Waals surface area contributed by atoms with Gasteiger partial charge < -0.3 is 9.30 Å². The van der Waals surface area contributed by atoms with E-state index >= 15 is 0 Å². The van der Waals surface area contributed by atoms with Crippen molar-refractivity contribution in [1.29, 1.82) is 0 Å². The van der Waals surface area contributed by atoms with Crippen LogP contribution in [0.1, 0.15) is 46.6 Å². The Morgan fingerprint density at radius 2 is 1.67 bits per heavy atom. The molecule has 1 aromatic carbocycles. The Hall–Kier alpha value is -2.70. The molecule has 6 nitrogen and oxygen atoms in total. The quantitative estimate of drug-likeness (QED) is 0.621. The number of fused-ring (bicyclic) bond motifs is 2. The molecule has 1 unspecified atom stereocenters. The fourth-order valence-electron chi connectivity index (χ4n) is 5.93. The highest BCUT2D eigenvalue weighted by molar-refractivity contribution is 5.94. The average molecular weight is 444 g/mol. The number of pyridine rings is 1. The first-order valence-electron chi connectivity index (χ1n) is 12.5. The van der Waals surface area contributed by atoms with Gasteiger partial charge in [-0.1, -0.05) is 30.3 Å². The molecule has 1 aliphatic carbocycles. The molecule has 2 fully saturated rings. The van der Waals surface area contributed by atoms with Gasteiger partial charge in [0.25, 0.3) is 5.91 Å². The average Bonchev–Trinajstić information content (AvgIpc) is 3.53. The Morgan fingerprint density at radius 3 is 2.48 bits per heavy atom. The highest BCUT2D eigenvalue weighted by atomic mass is 16.2. The molecule has 33 heavy (non-hydrogen) atoms. The molecule has 1 amide bonds. The lowest BCUT2D eigenvalue weighted by Crippen LogP contribution is -2.51. The summed E-state index contributed by atoms with van der Waals surface area (Å²) in [6.07, 6.45) is 7.89. The van der Waals surface area contributed by atoms with Crippen LogP contribution in [0.3, 0.4) is 0 Å². The molecule has 0 saturated carbocycles. The normalized spacial score (nSPS) is 22.1. The third-order valence-electron chi connectivity index (χ3n) is 7.84. The van der Waals surface area contributed by atoms with Gasteiger partial charge in [-0.3, -0.25) is 14.6 Å². The molecule has 0 radical (unpaired) electrons. The molecule has 2 aliphatic heterocycles. The number of likely N-dealkylation sites (tertiary alicyclic amines) is 1. The molecule has 6 rings (SSSR count). The Labute approximate surface area is 195 Å². The van der Waals surface area contributed by atoms with Crippen molar-refractivity contribution in [1.82, 2.24) is 24.1 Å². The number of imidazole rings is 1. The van der Waals surface area contributed by atoms with E-state index in [2.05, 4.69) is 38.5 Å². The highest BCUT2D eigenvalue weighted by Gasteiger charge is 2.30. The lowest BCUT2D eigenvalue weighted by atomic mass is 9.87. The van der Waals surface area contributed by atoms with Crippen LogP contribution >= 0.6 is 0 Å². The Morgan fingerprint density at radius 1 is 0.909 bits per heavy atom. The lowest BCUT2D eigenvalue weighted by molar-refractivity contribution is 0.0771. The number of hydrogen-bond donors (Lipinski definition) is 0. The van der Waals surface area contributed by atoms with Crippen LogP contribution in [0.2, 0.25) is 0 Å². The van der Waals surface area contributed by atoms with Gasteiger partial charge in [0, 0.05) is 58.1 Å². The van der Waals surface area contributed by atoms with E-state index in [0.29, 0.717) is 11.7 Å². The summed E-state index contributed by atoms with van der Waals surface area (Å²) in [6, 6.07) is 15.6. The van der Waals surface area contributed by atoms with Crippen molar-refractivity contribution < 1.29 is 4.79 Å². The van der Waals surface area contributed by atoms with E-state index in [4.69, 9.17) is 4.98 Å². The number of piperazine rings is 1. The summed E-state index contributed by atoms with van der Waals surface area (Å²) in [6.45, 7) is 6.76. The van der Waals surface area contributed by atoms with Crippen LogP contribution in [0.25, 0.3) is 5.65 Å². The van der Waals surface area contributed by atoms with Crippen LogP contribution in [0, 0.1) is 0 Å². The number of hydrogen-bond acceptors (Lipinski definition) is 4. The molecule has 4 heterocycles. The fraction of sp³-hybridized carbons (Fsp3) is 0.481. The number of rotatable bonds is 4. The van der Waals surface area contributed by atoms with E-state index in [0.717, 1.165) is 70.0 Å². The first-order chi connectivity index (χ1) is 16.3. The largest absolute Gasteiger partial charge is 0.337 e. The van der Waals surface area contributed by atoms with Gasteiger partial charge in [0.1, 0.15) is 5.65 Å². The van der Waals surface area contributed by atoms with Crippen LogP contribution in [-0.2, 0) is 19.4 Å². The second-order valence-electron chi connectivity index (χ2n) is 9.81. The van der Waals surface area contributed by atoms with E-state index in [-0.39, 0.29) is 5.91 Å². The third-order valence-corrected chi connectivity index (χ3v) is 7.84. The van der Waals surface area contributed by atoms with Gasteiger partial charge in [-0.15, -0.1) is 0 Å². The van der Waals surface area contributed by atoms with Crippen LogP contribution in [-0.4, -0.2) is 75.3 Å². The number of amides is 1. The van der Waals surface area contributed by atoms with Gasteiger partial charge in [-0.05, 0) is 55.4 Å². The predicted molar refractivity (Wildman–Crippen MR) is 129 cm³/mol. The third kappa shape index (κ3) is 4.06. The molecule has 0 spiro atoms. The van der Waals surface area contributed by atoms with E-state index < -0.39 is 0 Å². The zero-order valence-electron chi connectivity index (χ0n) is 19.3. The number of aromatic nitrogens is 2. The molecule has 0 bridgehead atoms. The highest BCUT2D eigenvalue weighted by Crippen LogP contribution is 2.26. The summed E-state index contributed by atoms with van der Waals surface area (Å²) in [4.78, 5) is 25.2. The van der Waals surface area contributed by atoms with Crippen molar-refractivity contribution in [3.63, 3.8) is 0 Å². The first-order valence-corrected chi connectivity index (χ1v) is 12.5. The molecular weight excluding hydrogens is 410 g/mol. The van der Waals surface area contributed by atoms with Gasteiger partial charge in [-0.2, -0.15) is 0 Å². The molecule has 1 atom stereocenters. The van der Waals surface area contributed by atoms with Crippen molar-refractivity contribution in [2.45, 2.75) is 44.7 Å². The van der Waals surface area contributed by atoms with Crippen molar-refractivity contribution in [2.24, 2.45) is 0 Å². The minimum atomic E-state index is 0.103. The molecule has 6 heteroatoms. The zero-order valence-corrected chi connectivity index (χ0v) is 19.3. The number of aryl methyl sites for hydroxylation is 1. The molecule has 3 aliphatic rings. The predicted octanol–water partition coefficient (Wildman–Crippen LogP) is 3.25. The molecule has 0 N–H and O–H groups in total. The maximum atomic E-state index is 13.3. The van der Waals surface area contributed by atoms with E-state index in [1.165, 1.54) is 30.4 Å². The number of benzene rings is 1. The Kier molecular flexibility index (Phi) is 5.64. The minimum absolute atomic E-state index is 0.103.